The van der Waals surface area contributed by atoms with Gasteiger partial charge in [0.1, 0.15) is 11.6 Å². The van der Waals surface area contributed by atoms with Gasteiger partial charge in [-0.2, -0.15) is 0 Å². The summed E-state index contributed by atoms with van der Waals surface area (Å²) in [6.45, 7) is 1.85. The lowest BCUT2D eigenvalue weighted by Crippen LogP contribution is -2.12. The van der Waals surface area contributed by atoms with Crippen molar-refractivity contribution in [2.24, 2.45) is 5.14 Å². The Morgan fingerprint density at radius 1 is 1.00 bits per heavy atom. The van der Waals surface area contributed by atoms with Gasteiger partial charge in [0.15, 0.2) is 0 Å². The molecule has 0 spiro atoms. The Hall–Kier alpha value is -2.51. The van der Waals surface area contributed by atoms with Gasteiger partial charge in [0, 0.05) is 23.5 Å². The molecule has 0 radical (unpaired) electrons. The predicted octanol–water partition coefficient (Wildman–Crippen LogP) is 3.38. The van der Waals surface area contributed by atoms with Gasteiger partial charge in [0.05, 0.1) is 10.6 Å². The average Bonchev–Trinajstić information content (AvgIpc) is 2.88. The fourth-order valence-corrected chi connectivity index (χ4v) is 3.03. The molecule has 124 valence electrons. The second-order valence-corrected chi connectivity index (χ2v) is 7.00. The molecule has 4 nitrogen and oxygen atoms in total. The summed E-state index contributed by atoms with van der Waals surface area (Å²) >= 11 is 0. The van der Waals surface area contributed by atoms with E-state index in [1.165, 1.54) is 24.3 Å². The summed E-state index contributed by atoms with van der Waals surface area (Å²) in [4.78, 5) is -0.00959. The van der Waals surface area contributed by atoms with Crippen LogP contribution in [0.15, 0.2) is 59.6 Å². The van der Waals surface area contributed by atoms with Crippen molar-refractivity contribution in [2.75, 3.05) is 0 Å². The molecule has 2 aromatic carbocycles. The molecule has 24 heavy (non-hydrogen) atoms. The molecular weight excluding hydrogens is 334 g/mol. The van der Waals surface area contributed by atoms with Gasteiger partial charge in [-0.1, -0.05) is 0 Å². The molecule has 0 fully saturated rings. The number of hydrogen-bond acceptors (Lipinski definition) is 2. The van der Waals surface area contributed by atoms with Crippen LogP contribution in [0.4, 0.5) is 8.78 Å². The summed E-state index contributed by atoms with van der Waals surface area (Å²) in [5.41, 5.74) is 2.30. The minimum Gasteiger partial charge on any atom is -0.316 e. The molecule has 3 rings (SSSR count). The SMILES string of the molecule is Cc1cc(-c2ccc(F)cc2F)n(-c2ccc(S(N)(=O)=O)cc2)c1. The first-order valence-corrected chi connectivity index (χ1v) is 8.58. The van der Waals surface area contributed by atoms with Crippen molar-refractivity contribution in [3.63, 3.8) is 0 Å². The molecule has 0 aliphatic heterocycles. The van der Waals surface area contributed by atoms with Crippen LogP contribution in [0, 0.1) is 18.6 Å². The van der Waals surface area contributed by atoms with Crippen LogP contribution in [0.5, 0.6) is 0 Å². The number of sulfonamides is 1. The molecule has 7 heteroatoms. The van der Waals surface area contributed by atoms with Gasteiger partial charge in [0.25, 0.3) is 0 Å². The van der Waals surface area contributed by atoms with Crippen LogP contribution in [0.3, 0.4) is 0 Å². The number of halogens is 2. The fraction of sp³-hybridized carbons (Fsp3) is 0.0588. The van der Waals surface area contributed by atoms with E-state index in [0.29, 0.717) is 11.4 Å². The number of benzene rings is 2. The van der Waals surface area contributed by atoms with Gasteiger partial charge in [-0.05, 0) is 55.0 Å². The normalized spacial score (nSPS) is 11.7. The standard InChI is InChI=1S/C17H14F2N2O2S/c1-11-8-17(15-7-2-12(18)9-16(15)19)21(10-11)13-3-5-14(6-4-13)24(20,22)23/h2-10H,1H3,(H2,20,22,23). The van der Waals surface area contributed by atoms with E-state index in [1.54, 1.807) is 29.0 Å². The zero-order valence-corrected chi connectivity index (χ0v) is 13.5. The Morgan fingerprint density at radius 2 is 1.67 bits per heavy atom. The molecule has 0 unspecified atom stereocenters. The minimum atomic E-state index is -3.78. The maximum Gasteiger partial charge on any atom is 0.238 e. The van der Waals surface area contributed by atoms with Gasteiger partial charge in [-0.25, -0.2) is 22.3 Å². The molecule has 0 aliphatic carbocycles. The molecule has 1 aromatic heterocycles. The molecule has 3 aromatic rings. The van der Waals surface area contributed by atoms with E-state index < -0.39 is 21.7 Å². The van der Waals surface area contributed by atoms with Gasteiger partial charge in [-0.15, -0.1) is 0 Å². The quantitative estimate of drug-likeness (QED) is 0.789. The second kappa shape index (κ2) is 5.85. The topological polar surface area (TPSA) is 65.1 Å². The molecule has 1 heterocycles. The summed E-state index contributed by atoms with van der Waals surface area (Å²) < 4.78 is 51.6. The first kappa shape index (κ1) is 16.4. The summed E-state index contributed by atoms with van der Waals surface area (Å²) in [6.07, 6.45) is 1.78. The Labute approximate surface area is 138 Å². The van der Waals surface area contributed by atoms with E-state index in [4.69, 9.17) is 5.14 Å². The maximum atomic E-state index is 14.1. The highest BCUT2D eigenvalue weighted by molar-refractivity contribution is 7.89. The number of nitrogens with two attached hydrogens (primary N) is 1. The number of aryl methyl sites for hydroxylation is 1. The highest BCUT2D eigenvalue weighted by atomic mass is 32.2. The summed E-state index contributed by atoms with van der Waals surface area (Å²) in [5.74, 6) is -1.32. The van der Waals surface area contributed by atoms with E-state index in [-0.39, 0.29) is 10.5 Å². The third-order valence-electron chi connectivity index (χ3n) is 3.61. The monoisotopic (exact) mass is 348 g/mol. The van der Waals surface area contributed by atoms with Gasteiger partial charge >= 0.3 is 0 Å². The molecule has 0 saturated heterocycles. The van der Waals surface area contributed by atoms with Gasteiger partial charge < -0.3 is 4.57 Å². The first-order valence-electron chi connectivity index (χ1n) is 7.03. The lowest BCUT2D eigenvalue weighted by atomic mass is 10.1. The van der Waals surface area contributed by atoms with Crippen molar-refractivity contribution in [1.29, 1.82) is 0 Å². The summed E-state index contributed by atoms with van der Waals surface area (Å²) in [5, 5.41) is 5.08. The zero-order chi connectivity index (χ0) is 17.5. The van der Waals surface area contributed by atoms with Gasteiger partial charge in [0.2, 0.25) is 10.0 Å². The molecule has 0 bridgehead atoms. The Balaban J connectivity index is 2.13. The van der Waals surface area contributed by atoms with Crippen molar-refractivity contribution in [2.45, 2.75) is 11.8 Å². The Kier molecular flexibility index (Phi) is 3.98. The van der Waals surface area contributed by atoms with Crippen LogP contribution < -0.4 is 5.14 Å². The average molecular weight is 348 g/mol. The molecule has 0 atom stereocenters. The third kappa shape index (κ3) is 3.08. The van der Waals surface area contributed by atoms with E-state index in [1.807, 2.05) is 6.92 Å². The Bertz CT molecular complexity index is 1010. The summed E-state index contributed by atoms with van der Waals surface area (Å²) in [7, 11) is -3.78. The molecule has 0 saturated carbocycles. The second-order valence-electron chi connectivity index (χ2n) is 5.44. The van der Waals surface area contributed by atoms with Crippen molar-refractivity contribution in [3.05, 3.63) is 71.9 Å². The third-order valence-corrected chi connectivity index (χ3v) is 4.54. The Morgan fingerprint density at radius 3 is 2.25 bits per heavy atom. The fourth-order valence-electron chi connectivity index (χ4n) is 2.51. The highest BCUT2D eigenvalue weighted by Gasteiger charge is 2.14. The summed E-state index contributed by atoms with van der Waals surface area (Å²) in [6, 6.07) is 11.1. The van der Waals surface area contributed by atoms with E-state index in [2.05, 4.69) is 0 Å². The zero-order valence-electron chi connectivity index (χ0n) is 12.7. The number of rotatable bonds is 3. The number of hydrogen-bond donors (Lipinski definition) is 1. The first-order chi connectivity index (χ1) is 11.3. The van der Waals surface area contributed by atoms with Crippen LogP contribution in [0.25, 0.3) is 16.9 Å². The largest absolute Gasteiger partial charge is 0.316 e. The highest BCUT2D eigenvalue weighted by Crippen LogP contribution is 2.28. The lowest BCUT2D eigenvalue weighted by Gasteiger charge is -2.11. The molecule has 2 N–H and O–H groups in total. The lowest BCUT2D eigenvalue weighted by molar-refractivity contribution is 0.585. The molecular formula is C17H14F2N2O2S. The van der Waals surface area contributed by atoms with E-state index >= 15 is 0 Å². The van der Waals surface area contributed by atoms with Crippen molar-refractivity contribution >= 4 is 10.0 Å². The van der Waals surface area contributed by atoms with Crippen LogP contribution in [-0.2, 0) is 10.0 Å². The van der Waals surface area contributed by atoms with Crippen molar-refractivity contribution in [1.82, 2.24) is 4.57 Å². The number of nitrogens with zero attached hydrogens (tertiary/aromatic N) is 1. The smallest absolute Gasteiger partial charge is 0.238 e. The van der Waals surface area contributed by atoms with Crippen LogP contribution >= 0.6 is 0 Å². The minimum absolute atomic E-state index is 0.00959. The molecule has 0 aliphatic rings. The number of primary sulfonamides is 1. The maximum absolute atomic E-state index is 14.1. The number of aromatic nitrogens is 1. The molecule has 0 amide bonds. The van der Waals surface area contributed by atoms with E-state index in [9.17, 15) is 17.2 Å². The van der Waals surface area contributed by atoms with Crippen LogP contribution in [0.2, 0.25) is 0 Å². The van der Waals surface area contributed by atoms with Crippen LogP contribution in [0.1, 0.15) is 5.56 Å². The predicted molar refractivity (Wildman–Crippen MR) is 87.2 cm³/mol. The van der Waals surface area contributed by atoms with Gasteiger partial charge in [-0.3, -0.25) is 0 Å². The van der Waals surface area contributed by atoms with Crippen LogP contribution in [-0.4, -0.2) is 13.0 Å². The van der Waals surface area contributed by atoms with E-state index in [0.717, 1.165) is 11.6 Å². The van der Waals surface area contributed by atoms with Crippen molar-refractivity contribution < 1.29 is 17.2 Å². The van der Waals surface area contributed by atoms with Crippen molar-refractivity contribution in [3.8, 4) is 16.9 Å².